The molecule has 3 nitrogen and oxygen atoms in total. The Labute approximate surface area is 145 Å². The fourth-order valence-electron chi connectivity index (χ4n) is 2.69. The predicted molar refractivity (Wildman–Crippen MR) is 102 cm³/mol. The van der Waals surface area contributed by atoms with E-state index in [-0.39, 0.29) is 0 Å². The lowest BCUT2D eigenvalue weighted by Gasteiger charge is -2.36. The highest BCUT2D eigenvalue weighted by atomic mass is 79.9. The Morgan fingerprint density at radius 2 is 1.73 bits per heavy atom. The summed E-state index contributed by atoms with van der Waals surface area (Å²) in [5.74, 6) is 0. The molecule has 0 aromatic heterocycles. The van der Waals surface area contributed by atoms with Crippen LogP contribution in [0.5, 0.6) is 0 Å². The van der Waals surface area contributed by atoms with Crippen LogP contribution in [-0.2, 0) is 0 Å². The molecule has 1 aliphatic heterocycles. The van der Waals surface area contributed by atoms with E-state index in [1.807, 2.05) is 13.8 Å². The number of rotatable bonds is 5. The number of benzene rings is 1. The molecule has 1 fully saturated rings. The SMILES string of the molecule is CC.Cc1ccc(N2CCN(CCCN(C)C)CC2)c(Br)c1. The van der Waals surface area contributed by atoms with E-state index in [1.165, 1.54) is 48.3 Å². The van der Waals surface area contributed by atoms with Gasteiger partial charge in [-0.1, -0.05) is 19.9 Å². The Balaban J connectivity index is 0.00000116. The molecule has 1 aliphatic rings. The van der Waals surface area contributed by atoms with Gasteiger partial charge in [0.25, 0.3) is 0 Å². The van der Waals surface area contributed by atoms with E-state index >= 15 is 0 Å². The van der Waals surface area contributed by atoms with E-state index in [0.717, 1.165) is 13.1 Å². The Bertz CT molecular complexity index is 426. The maximum Gasteiger partial charge on any atom is 0.0511 e. The molecule has 4 heteroatoms. The first kappa shape index (κ1) is 19.5. The predicted octanol–water partition coefficient (Wildman–Crippen LogP) is 3.86. The van der Waals surface area contributed by atoms with E-state index in [9.17, 15) is 0 Å². The summed E-state index contributed by atoms with van der Waals surface area (Å²) in [5.41, 5.74) is 2.64. The first-order chi connectivity index (χ1) is 10.6. The van der Waals surface area contributed by atoms with Gasteiger partial charge in [-0.25, -0.2) is 0 Å². The molecule has 0 saturated carbocycles. The highest BCUT2D eigenvalue weighted by Gasteiger charge is 2.18. The van der Waals surface area contributed by atoms with Crippen LogP contribution in [0.4, 0.5) is 5.69 Å². The fraction of sp³-hybridized carbons (Fsp3) is 0.667. The number of nitrogens with zero attached hydrogens (tertiary/aromatic N) is 3. The first-order valence-electron chi connectivity index (χ1n) is 8.44. The van der Waals surface area contributed by atoms with Gasteiger partial charge in [-0.15, -0.1) is 0 Å². The topological polar surface area (TPSA) is 9.72 Å². The zero-order valence-corrected chi connectivity index (χ0v) is 16.5. The Morgan fingerprint density at radius 1 is 1.09 bits per heavy atom. The van der Waals surface area contributed by atoms with Gasteiger partial charge in [-0.3, -0.25) is 4.90 Å². The van der Waals surface area contributed by atoms with Gasteiger partial charge in [0.15, 0.2) is 0 Å². The van der Waals surface area contributed by atoms with E-state index in [0.29, 0.717) is 0 Å². The molecule has 0 aliphatic carbocycles. The van der Waals surface area contributed by atoms with Crippen molar-refractivity contribution in [3.05, 3.63) is 28.2 Å². The van der Waals surface area contributed by atoms with Crippen molar-refractivity contribution in [2.45, 2.75) is 27.2 Å². The average molecular weight is 370 g/mol. The van der Waals surface area contributed by atoms with Gasteiger partial charge in [-0.2, -0.15) is 0 Å². The number of hydrogen-bond acceptors (Lipinski definition) is 3. The molecule has 1 heterocycles. The van der Waals surface area contributed by atoms with Crippen molar-refractivity contribution in [2.75, 3.05) is 58.3 Å². The second-order valence-electron chi connectivity index (χ2n) is 5.94. The largest absolute Gasteiger partial charge is 0.368 e. The van der Waals surface area contributed by atoms with Crippen molar-refractivity contribution >= 4 is 21.6 Å². The molecule has 2 rings (SSSR count). The summed E-state index contributed by atoms with van der Waals surface area (Å²) in [6.45, 7) is 13.1. The molecule has 0 amide bonds. The number of halogens is 1. The van der Waals surface area contributed by atoms with Crippen LogP contribution in [0.25, 0.3) is 0 Å². The Hall–Kier alpha value is -0.580. The van der Waals surface area contributed by atoms with Gasteiger partial charge in [-0.05, 0) is 74.2 Å². The molecule has 0 bridgehead atoms. The molecule has 0 atom stereocenters. The number of hydrogen-bond donors (Lipinski definition) is 0. The summed E-state index contributed by atoms with van der Waals surface area (Å²) in [7, 11) is 4.29. The maximum absolute atomic E-state index is 3.69. The second kappa shape index (κ2) is 10.2. The molecular formula is C18H32BrN3. The van der Waals surface area contributed by atoms with Crippen LogP contribution in [0, 0.1) is 6.92 Å². The van der Waals surface area contributed by atoms with Crippen LogP contribution in [0.3, 0.4) is 0 Å². The summed E-state index contributed by atoms with van der Waals surface area (Å²) >= 11 is 3.69. The van der Waals surface area contributed by atoms with Crippen LogP contribution >= 0.6 is 15.9 Å². The van der Waals surface area contributed by atoms with E-state index in [2.05, 4.69) is 69.8 Å². The second-order valence-corrected chi connectivity index (χ2v) is 6.79. The number of piperazine rings is 1. The lowest BCUT2D eigenvalue weighted by molar-refractivity contribution is 0.242. The third-order valence-electron chi connectivity index (χ3n) is 3.90. The summed E-state index contributed by atoms with van der Waals surface area (Å²) in [6, 6.07) is 6.64. The molecule has 126 valence electrons. The minimum atomic E-state index is 1.13. The fourth-order valence-corrected chi connectivity index (χ4v) is 3.44. The molecule has 0 N–H and O–H groups in total. The van der Waals surface area contributed by atoms with Crippen LogP contribution in [0.1, 0.15) is 25.8 Å². The number of aryl methyl sites for hydroxylation is 1. The highest BCUT2D eigenvalue weighted by molar-refractivity contribution is 9.10. The van der Waals surface area contributed by atoms with E-state index in [4.69, 9.17) is 0 Å². The third-order valence-corrected chi connectivity index (χ3v) is 4.53. The smallest absolute Gasteiger partial charge is 0.0511 e. The van der Waals surface area contributed by atoms with Gasteiger partial charge in [0, 0.05) is 30.7 Å². The molecule has 0 unspecified atom stereocenters. The van der Waals surface area contributed by atoms with E-state index in [1.54, 1.807) is 0 Å². The third kappa shape index (κ3) is 6.27. The Kier molecular flexibility index (Phi) is 9.06. The zero-order chi connectivity index (χ0) is 16.5. The van der Waals surface area contributed by atoms with Crippen molar-refractivity contribution in [1.82, 2.24) is 9.80 Å². The van der Waals surface area contributed by atoms with Gasteiger partial charge < -0.3 is 9.80 Å². The maximum atomic E-state index is 3.69. The minimum Gasteiger partial charge on any atom is -0.368 e. The summed E-state index contributed by atoms with van der Waals surface area (Å²) < 4.78 is 1.22. The minimum absolute atomic E-state index is 1.13. The van der Waals surface area contributed by atoms with Gasteiger partial charge in [0.1, 0.15) is 0 Å². The van der Waals surface area contributed by atoms with Gasteiger partial charge in [0.2, 0.25) is 0 Å². The standard InChI is InChI=1S/C16H26BrN3.C2H6/c1-14-5-6-16(15(17)13-14)20-11-9-19(10-12-20)8-4-7-18(2)3;1-2/h5-6,13H,4,7-12H2,1-3H3;1-2H3. The van der Waals surface area contributed by atoms with Crippen molar-refractivity contribution in [3.63, 3.8) is 0 Å². The molecule has 1 aromatic carbocycles. The van der Waals surface area contributed by atoms with Crippen molar-refractivity contribution < 1.29 is 0 Å². The van der Waals surface area contributed by atoms with E-state index < -0.39 is 0 Å². The molecule has 1 aromatic rings. The molecule has 22 heavy (non-hydrogen) atoms. The van der Waals surface area contributed by atoms with Crippen LogP contribution in [-0.4, -0.2) is 63.2 Å². The number of anilines is 1. The Morgan fingerprint density at radius 3 is 2.27 bits per heavy atom. The lowest BCUT2D eigenvalue weighted by Crippen LogP contribution is -2.47. The van der Waals surface area contributed by atoms with Gasteiger partial charge in [0.05, 0.1) is 5.69 Å². The van der Waals surface area contributed by atoms with Crippen molar-refractivity contribution in [2.24, 2.45) is 0 Å². The quantitative estimate of drug-likeness (QED) is 0.779. The first-order valence-corrected chi connectivity index (χ1v) is 9.24. The summed E-state index contributed by atoms with van der Waals surface area (Å²) in [4.78, 5) is 7.34. The van der Waals surface area contributed by atoms with Crippen molar-refractivity contribution in [3.8, 4) is 0 Å². The molecule has 0 radical (unpaired) electrons. The normalized spacial score (nSPS) is 15.7. The lowest BCUT2D eigenvalue weighted by atomic mass is 10.2. The van der Waals surface area contributed by atoms with Gasteiger partial charge >= 0.3 is 0 Å². The highest BCUT2D eigenvalue weighted by Crippen LogP contribution is 2.28. The summed E-state index contributed by atoms with van der Waals surface area (Å²) in [5, 5.41) is 0. The van der Waals surface area contributed by atoms with Crippen LogP contribution in [0.2, 0.25) is 0 Å². The van der Waals surface area contributed by atoms with Crippen LogP contribution < -0.4 is 4.90 Å². The average Bonchev–Trinajstić information content (AvgIpc) is 2.50. The monoisotopic (exact) mass is 369 g/mol. The molecule has 1 saturated heterocycles. The summed E-state index contributed by atoms with van der Waals surface area (Å²) in [6.07, 6.45) is 1.27. The molecule has 0 spiro atoms. The zero-order valence-electron chi connectivity index (χ0n) is 14.9. The molecular weight excluding hydrogens is 338 g/mol. The van der Waals surface area contributed by atoms with Crippen LogP contribution in [0.15, 0.2) is 22.7 Å². The van der Waals surface area contributed by atoms with Crippen molar-refractivity contribution in [1.29, 1.82) is 0 Å².